The molecule has 1 aliphatic heterocycles. The van der Waals surface area contributed by atoms with Crippen molar-refractivity contribution in [1.82, 2.24) is 14.6 Å². The first kappa shape index (κ1) is 28.5. The van der Waals surface area contributed by atoms with Crippen LogP contribution < -0.4 is 21.0 Å². The van der Waals surface area contributed by atoms with E-state index in [0.717, 1.165) is 10.8 Å². The smallest absolute Gasteiger partial charge is 0.351 e. The number of carbonyl (C=O) groups is 1. The number of hydrogen-bond donors (Lipinski definition) is 3. The zero-order valence-electron chi connectivity index (χ0n) is 19.6. The Labute approximate surface area is 216 Å². The molecule has 11 nitrogen and oxygen atoms in total. The zero-order valence-corrected chi connectivity index (χ0v) is 22.1. The number of aromatic nitrogens is 2. The number of alkyl halides is 2. The van der Waals surface area contributed by atoms with Crippen LogP contribution in [0.1, 0.15) is 27.0 Å². The number of carbonyl (C=O) groups excluding carboxylic acids is 1. The fourth-order valence-corrected chi connectivity index (χ4v) is 5.93. The van der Waals surface area contributed by atoms with Crippen LogP contribution in [-0.2, 0) is 30.6 Å². The normalized spacial score (nSPS) is 26.4. The van der Waals surface area contributed by atoms with Gasteiger partial charge in [0.1, 0.15) is 29.8 Å². The largest absolute Gasteiger partial charge is 0.462 e. The maximum atomic E-state index is 15.3. The Kier molecular flexibility index (Phi) is 9.10. The van der Waals surface area contributed by atoms with Crippen molar-refractivity contribution in [2.45, 2.75) is 56.5 Å². The van der Waals surface area contributed by atoms with Crippen molar-refractivity contribution in [2.24, 2.45) is 0 Å². The highest BCUT2D eigenvalue weighted by molar-refractivity contribution is 8.09. The van der Waals surface area contributed by atoms with Gasteiger partial charge < -0.3 is 29.4 Å². The van der Waals surface area contributed by atoms with E-state index in [1.807, 2.05) is 0 Å². The second-order valence-electron chi connectivity index (χ2n) is 8.22. The number of rotatable bonds is 10. The molecule has 2 aromatic rings. The number of benzene rings is 1. The lowest BCUT2D eigenvalue weighted by Crippen LogP contribution is -2.41. The molecule has 4 N–H and O–H groups in total. The molecule has 15 heteroatoms. The lowest BCUT2D eigenvalue weighted by atomic mass is 10.1. The van der Waals surface area contributed by atoms with Crippen molar-refractivity contribution in [1.29, 1.82) is 0 Å². The van der Waals surface area contributed by atoms with Crippen molar-refractivity contribution >= 4 is 41.8 Å². The highest BCUT2D eigenvalue weighted by atomic mass is 35.5. The number of nitrogens with one attached hydrogen (secondary N) is 1. The van der Waals surface area contributed by atoms with Gasteiger partial charge in [0.15, 0.2) is 6.23 Å². The molecule has 0 spiro atoms. The first-order valence-electron chi connectivity index (χ1n) is 10.9. The molecule has 2 heterocycles. The Morgan fingerprint density at radius 3 is 2.67 bits per heavy atom. The van der Waals surface area contributed by atoms with E-state index >= 15 is 4.39 Å². The third-order valence-electron chi connectivity index (χ3n) is 4.92. The van der Waals surface area contributed by atoms with Crippen molar-refractivity contribution in [3.05, 3.63) is 53.1 Å². The molecule has 1 saturated heterocycles. The van der Waals surface area contributed by atoms with Crippen LogP contribution in [0.15, 0.2) is 47.4 Å². The van der Waals surface area contributed by atoms with Crippen molar-refractivity contribution in [2.75, 3.05) is 12.3 Å². The monoisotopic (exact) mass is 564 g/mol. The molecule has 0 amide bonds. The lowest BCUT2D eigenvalue weighted by molar-refractivity contribution is -0.149. The maximum Gasteiger partial charge on any atom is 0.351 e. The summed E-state index contributed by atoms with van der Waals surface area (Å²) in [5.41, 5.74) is 4.55. The first-order valence-corrected chi connectivity index (χ1v) is 13.9. The first-order chi connectivity index (χ1) is 16.8. The van der Waals surface area contributed by atoms with Crippen molar-refractivity contribution in [3.8, 4) is 5.75 Å². The minimum atomic E-state index is -3.49. The summed E-state index contributed by atoms with van der Waals surface area (Å²) in [6.45, 7) is 0.933. The number of halogens is 2. The van der Waals surface area contributed by atoms with Gasteiger partial charge in [0, 0.05) is 6.20 Å². The van der Waals surface area contributed by atoms with Crippen LogP contribution in [0.2, 0.25) is 0 Å². The standard InChI is InChI=1S/C21H27ClFN4O7PS/c1-12(2)32-18(29)13(3)26-35(36,34-14-7-5-4-6-8-14)31-11-15-17(28)21(22,23)19(33-15)27-10-9-16(24)25-20(27)30/h4-10,12-13,15,17,19,28H,11H2,1-3H3,(H,26,36)(H2,24,25,30)/t13-,15+,17+,19+,21+,35+/m0/s1. The number of nitrogen functional groups attached to an aromatic ring is 1. The van der Waals surface area contributed by atoms with E-state index in [4.69, 9.17) is 47.7 Å². The fourth-order valence-electron chi connectivity index (χ4n) is 3.22. The van der Waals surface area contributed by atoms with E-state index in [1.165, 1.54) is 13.0 Å². The second-order valence-corrected chi connectivity index (χ2v) is 11.9. The Balaban J connectivity index is 1.79. The van der Waals surface area contributed by atoms with Gasteiger partial charge in [-0.15, -0.1) is 0 Å². The average molecular weight is 565 g/mol. The van der Waals surface area contributed by atoms with Gasteiger partial charge in [-0.05, 0) is 50.8 Å². The van der Waals surface area contributed by atoms with Gasteiger partial charge >= 0.3 is 18.3 Å². The third kappa shape index (κ3) is 6.80. The topological polar surface area (TPSA) is 147 Å². The second kappa shape index (κ2) is 11.5. The van der Waals surface area contributed by atoms with Crippen LogP contribution in [0, 0.1) is 0 Å². The van der Waals surface area contributed by atoms with E-state index in [-0.39, 0.29) is 11.9 Å². The molecule has 0 radical (unpaired) electrons. The highest BCUT2D eigenvalue weighted by Crippen LogP contribution is 2.48. The molecule has 1 aliphatic rings. The van der Waals surface area contributed by atoms with Gasteiger partial charge in [-0.3, -0.25) is 9.36 Å². The highest BCUT2D eigenvalue weighted by Gasteiger charge is 2.58. The number of anilines is 1. The molecule has 6 atom stereocenters. The average Bonchev–Trinajstić information content (AvgIpc) is 3.01. The Bertz CT molecular complexity index is 1170. The minimum Gasteiger partial charge on any atom is -0.462 e. The van der Waals surface area contributed by atoms with E-state index in [1.54, 1.807) is 44.2 Å². The molecule has 1 fully saturated rings. The number of nitrogens with zero attached hydrogens (tertiary/aromatic N) is 2. The Morgan fingerprint density at radius 1 is 1.39 bits per heavy atom. The van der Waals surface area contributed by atoms with Gasteiger partial charge in [-0.1, -0.05) is 29.8 Å². The van der Waals surface area contributed by atoms with Crippen LogP contribution in [-0.4, -0.2) is 56.7 Å². The molecule has 36 heavy (non-hydrogen) atoms. The Hall–Kier alpha value is -2.12. The van der Waals surface area contributed by atoms with Crippen molar-refractivity contribution < 1.29 is 32.8 Å². The van der Waals surface area contributed by atoms with Crippen LogP contribution in [0.4, 0.5) is 10.2 Å². The van der Waals surface area contributed by atoms with Gasteiger partial charge in [-0.2, -0.15) is 4.98 Å². The van der Waals surface area contributed by atoms with E-state index in [2.05, 4.69) is 10.1 Å². The molecule has 0 saturated carbocycles. The number of para-hydroxylation sites is 1. The molecule has 0 bridgehead atoms. The van der Waals surface area contributed by atoms with Gasteiger partial charge in [0.2, 0.25) is 0 Å². The summed E-state index contributed by atoms with van der Waals surface area (Å²) >= 11 is 11.5. The molecular formula is C21H27ClFN4O7PS. The summed E-state index contributed by atoms with van der Waals surface area (Å²) < 4.78 is 38.4. The number of hydrogen-bond acceptors (Lipinski definition) is 10. The van der Waals surface area contributed by atoms with Crippen LogP contribution >= 0.6 is 18.2 Å². The van der Waals surface area contributed by atoms with Crippen LogP contribution in [0.25, 0.3) is 0 Å². The van der Waals surface area contributed by atoms with Crippen molar-refractivity contribution in [3.63, 3.8) is 0 Å². The summed E-state index contributed by atoms with van der Waals surface area (Å²) in [6, 6.07) is 8.79. The minimum absolute atomic E-state index is 0.0800. The summed E-state index contributed by atoms with van der Waals surface area (Å²) in [6.07, 6.45) is -4.22. The summed E-state index contributed by atoms with van der Waals surface area (Å²) in [4.78, 5) is 28.0. The van der Waals surface area contributed by atoms with E-state index < -0.39 is 54.5 Å². The van der Waals surface area contributed by atoms with E-state index in [0.29, 0.717) is 5.75 Å². The third-order valence-corrected chi connectivity index (χ3v) is 7.83. The van der Waals surface area contributed by atoms with Gasteiger partial charge in [-0.25, -0.2) is 14.3 Å². The lowest BCUT2D eigenvalue weighted by Gasteiger charge is -2.28. The number of aliphatic hydroxyl groups excluding tert-OH is 1. The molecule has 0 unspecified atom stereocenters. The zero-order chi connectivity index (χ0) is 26.7. The molecule has 198 valence electrons. The maximum absolute atomic E-state index is 15.3. The molecule has 1 aromatic carbocycles. The Morgan fingerprint density at radius 2 is 2.06 bits per heavy atom. The summed E-state index contributed by atoms with van der Waals surface area (Å²) in [5, 5.41) is 10.4. The van der Waals surface area contributed by atoms with E-state index in [9.17, 15) is 14.7 Å². The quantitative estimate of drug-likeness (QED) is 0.222. The predicted molar refractivity (Wildman–Crippen MR) is 134 cm³/mol. The number of ether oxygens (including phenoxy) is 2. The predicted octanol–water partition coefficient (Wildman–Crippen LogP) is 2.24. The number of nitrogens with two attached hydrogens (primary N) is 1. The van der Waals surface area contributed by atoms with Gasteiger partial charge in [0.05, 0.1) is 12.7 Å². The number of esters is 1. The SMILES string of the molecule is CC(C)OC(=O)[C@H](C)N[P@@](=S)(OC[C@H]1O[C@@H](n2ccc(N)nc2=O)[C@@](F)(Cl)[C@@H]1O)Oc1ccccc1. The molecular weight excluding hydrogens is 538 g/mol. The van der Waals surface area contributed by atoms with Crippen LogP contribution in [0.3, 0.4) is 0 Å². The summed E-state index contributed by atoms with van der Waals surface area (Å²) in [7, 11) is 0. The number of aliphatic hydroxyl groups is 1. The van der Waals surface area contributed by atoms with Gasteiger partial charge in [0.25, 0.3) is 5.13 Å². The fraction of sp³-hybridized carbons (Fsp3) is 0.476. The molecule has 1 aromatic heterocycles. The van der Waals surface area contributed by atoms with Crippen LogP contribution in [0.5, 0.6) is 5.75 Å². The summed E-state index contributed by atoms with van der Waals surface area (Å²) in [5.74, 6) is -0.320. The molecule has 0 aliphatic carbocycles. The molecule has 3 rings (SSSR count).